The van der Waals surface area contributed by atoms with E-state index in [1.807, 2.05) is 0 Å². The first-order chi connectivity index (χ1) is 9.83. The minimum absolute atomic E-state index is 0.436. The van der Waals surface area contributed by atoms with Crippen molar-refractivity contribution in [3.05, 3.63) is 35.4 Å². The van der Waals surface area contributed by atoms with Crippen LogP contribution in [0.5, 0.6) is 0 Å². The summed E-state index contributed by atoms with van der Waals surface area (Å²) < 4.78 is 5.73. The van der Waals surface area contributed by atoms with Crippen LogP contribution in [0, 0.1) is 0 Å². The fraction of sp³-hybridized carbons (Fsp3) is 0.667. The molecule has 1 aliphatic carbocycles. The average Bonchev–Trinajstić information content (AvgIpc) is 3.01. The van der Waals surface area contributed by atoms with Crippen LogP contribution in [0.4, 0.5) is 0 Å². The van der Waals surface area contributed by atoms with E-state index in [0.29, 0.717) is 10.9 Å². The molecule has 110 valence electrons. The lowest BCUT2D eigenvalue weighted by molar-refractivity contribution is 0.104. The Hall–Kier alpha value is -0.340. The number of hydrogen-bond donors (Lipinski definition) is 0. The second-order valence-corrected chi connectivity index (χ2v) is 7.45. The first-order valence-electron chi connectivity index (χ1n) is 8.18. The van der Waals surface area contributed by atoms with Gasteiger partial charge in [-0.3, -0.25) is 0 Å². The zero-order valence-corrected chi connectivity index (χ0v) is 13.8. The van der Waals surface area contributed by atoms with Gasteiger partial charge in [-0.15, -0.1) is 0 Å². The van der Waals surface area contributed by atoms with Crippen molar-refractivity contribution in [3.63, 3.8) is 0 Å². The smallest absolute Gasteiger partial charge is 0.0589 e. The van der Waals surface area contributed by atoms with Gasteiger partial charge in [0.1, 0.15) is 0 Å². The van der Waals surface area contributed by atoms with Crippen molar-refractivity contribution < 1.29 is 4.74 Å². The highest BCUT2D eigenvalue weighted by atomic mass is 79.9. The largest absolute Gasteiger partial charge is 0.378 e. The van der Waals surface area contributed by atoms with Crippen molar-refractivity contribution in [1.82, 2.24) is 0 Å². The molecule has 1 saturated carbocycles. The van der Waals surface area contributed by atoms with E-state index in [-0.39, 0.29) is 0 Å². The maximum atomic E-state index is 5.73. The Labute approximate surface area is 131 Å². The minimum Gasteiger partial charge on any atom is -0.378 e. The molecule has 1 saturated heterocycles. The summed E-state index contributed by atoms with van der Waals surface area (Å²) in [4.78, 5) is 0.436. The summed E-state index contributed by atoms with van der Waals surface area (Å²) in [5, 5.41) is 0. The van der Waals surface area contributed by atoms with E-state index in [0.717, 1.165) is 18.9 Å². The van der Waals surface area contributed by atoms with Gasteiger partial charge in [0.2, 0.25) is 0 Å². The molecule has 1 aliphatic heterocycles. The summed E-state index contributed by atoms with van der Waals surface area (Å²) >= 11 is 3.84. The molecule has 2 unspecified atom stereocenters. The van der Waals surface area contributed by atoms with Crippen LogP contribution in [0.2, 0.25) is 0 Å². The normalized spacial score (nSPS) is 25.8. The Balaban J connectivity index is 1.59. The Morgan fingerprint density at radius 2 is 1.75 bits per heavy atom. The van der Waals surface area contributed by atoms with E-state index in [2.05, 4.69) is 40.2 Å². The van der Waals surface area contributed by atoms with Gasteiger partial charge in [-0.05, 0) is 49.1 Å². The molecule has 1 heterocycles. The van der Waals surface area contributed by atoms with Crippen LogP contribution in [-0.4, -0.2) is 12.7 Å². The maximum absolute atomic E-state index is 5.73. The van der Waals surface area contributed by atoms with Gasteiger partial charge in [0.05, 0.1) is 6.10 Å². The van der Waals surface area contributed by atoms with Crippen LogP contribution < -0.4 is 0 Å². The molecular formula is C18H25BrO. The summed E-state index contributed by atoms with van der Waals surface area (Å²) in [5.41, 5.74) is 2.95. The van der Waals surface area contributed by atoms with Crippen LogP contribution in [0.3, 0.4) is 0 Å². The van der Waals surface area contributed by atoms with Crippen molar-refractivity contribution in [2.45, 2.75) is 68.2 Å². The van der Waals surface area contributed by atoms with Crippen LogP contribution in [-0.2, 0) is 4.74 Å². The first-order valence-corrected chi connectivity index (χ1v) is 9.10. The van der Waals surface area contributed by atoms with E-state index in [1.54, 1.807) is 5.56 Å². The van der Waals surface area contributed by atoms with E-state index < -0.39 is 0 Å². The molecular weight excluding hydrogens is 312 g/mol. The number of alkyl halides is 1. The van der Waals surface area contributed by atoms with Gasteiger partial charge < -0.3 is 4.74 Å². The third kappa shape index (κ3) is 3.65. The fourth-order valence-corrected chi connectivity index (χ4v) is 4.33. The molecule has 0 N–H and O–H groups in total. The SMILES string of the molecule is BrC(CC1CCCO1)c1ccc(C2CCCCC2)cc1. The van der Waals surface area contributed by atoms with Crippen molar-refractivity contribution >= 4 is 15.9 Å². The van der Waals surface area contributed by atoms with Gasteiger partial charge in [-0.1, -0.05) is 59.5 Å². The number of benzene rings is 1. The predicted octanol–water partition coefficient (Wildman–Crippen LogP) is 5.74. The second-order valence-electron chi connectivity index (χ2n) is 6.34. The lowest BCUT2D eigenvalue weighted by Gasteiger charge is -2.22. The molecule has 0 radical (unpaired) electrons. The standard InChI is InChI=1S/C18H25BrO/c19-18(13-17-7-4-12-20-17)16-10-8-15(9-11-16)14-5-2-1-3-6-14/h8-11,14,17-18H,1-7,12-13H2. The molecule has 2 atom stereocenters. The van der Waals surface area contributed by atoms with Gasteiger partial charge in [0.25, 0.3) is 0 Å². The predicted molar refractivity (Wildman–Crippen MR) is 87.5 cm³/mol. The highest BCUT2D eigenvalue weighted by molar-refractivity contribution is 9.09. The van der Waals surface area contributed by atoms with Crippen molar-refractivity contribution in [2.75, 3.05) is 6.61 Å². The third-order valence-electron chi connectivity index (χ3n) is 4.87. The molecule has 0 spiro atoms. The van der Waals surface area contributed by atoms with Gasteiger partial charge >= 0.3 is 0 Å². The lowest BCUT2D eigenvalue weighted by Crippen LogP contribution is -2.08. The highest BCUT2D eigenvalue weighted by Crippen LogP contribution is 2.35. The molecule has 0 bridgehead atoms. The van der Waals surface area contributed by atoms with Gasteiger partial charge in [-0.2, -0.15) is 0 Å². The van der Waals surface area contributed by atoms with E-state index in [4.69, 9.17) is 4.74 Å². The van der Waals surface area contributed by atoms with E-state index in [1.165, 1.54) is 50.5 Å². The summed E-state index contributed by atoms with van der Waals surface area (Å²) in [5.74, 6) is 0.810. The van der Waals surface area contributed by atoms with Crippen LogP contribution in [0.1, 0.15) is 73.2 Å². The number of rotatable bonds is 4. The third-order valence-corrected chi connectivity index (χ3v) is 5.77. The maximum Gasteiger partial charge on any atom is 0.0589 e. The topological polar surface area (TPSA) is 9.23 Å². The molecule has 2 heteroatoms. The Bertz CT molecular complexity index is 402. The molecule has 3 rings (SSSR count). The molecule has 2 fully saturated rings. The number of halogens is 1. The zero-order valence-electron chi connectivity index (χ0n) is 12.2. The van der Waals surface area contributed by atoms with Crippen LogP contribution in [0.25, 0.3) is 0 Å². The van der Waals surface area contributed by atoms with Gasteiger partial charge in [0.15, 0.2) is 0 Å². The number of ether oxygens (including phenoxy) is 1. The Kier molecular flexibility index (Phi) is 5.17. The molecule has 1 nitrogen and oxygen atoms in total. The van der Waals surface area contributed by atoms with E-state index >= 15 is 0 Å². The molecule has 0 amide bonds. The molecule has 20 heavy (non-hydrogen) atoms. The number of hydrogen-bond acceptors (Lipinski definition) is 1. The van der Waals surface area contributed by atoms with Crippen molar-refractivity contribution in [1.29, 1.82) is 0 Å². The minimum atomic E-state index is 0.436. The monoisotopic (exact) mass is 336 g/mol. The fourth-order valence-electron chi connectivity index (χ4n) is 3.61. The van der Waals surface area contributed by atoms with Crippen LogP contribution >= 0.6 is 15.9 Å². The summed E-state index contributed by atoms with van der Waals surface area (Å²) in [6, 6.07) is 9.35. The Morgan fingerprint density at radius 1 is 1.00 bits per heavy atom. The lowest BCUT2D eigenvalue weighted by atomic mass is 9.84. The first kappa shape index (κ1) is 14.6. The quantitative estimate of drug-likeness (QED) is 0.637. The van der Waals surface area contributed by atoms with Gasteiger partial charge in [0, 0.05) is 11.4 Å². The van der Waals surface area contributed by atoms with E-state index in [9.17, 15) is 0 Å². The zero-order chi connectivity index (χ0) is 13.8. The summed E-state index contributed by atoms with van der Waals surface area (Å²) in [6.07, 6.45) is 11.0. The van der Waals surface area contributed by atoms with Crippen molar-refractivity contribution in [3.8, 4) is 0 Å². The Morgan fingerprint density at radius 3 is 2.40 bits per heavy atom. The van der Waals surface area contributed by atoms with Gasteiger partial charge in [-0.25, -0.2) is 0 Å². The molecule has 1 aromatic rings. The molecule has 0 aromatic heterocycles. The highest BCUT2D eigenvalue weighted by Gasteiger charge is 2.21. The molecule has 1 aromatic carbocycles. The summed E-state index contributed by atoms with van der Waals surface area (Å²) in [7, 11) is 0. The van der Waals surface area contributed by atoms with Crippen LogP contribution in [0.15, 0.2) is 24.3 Å². The summed E-state index contributed by atoms with van der Waals surface area (Å²) in [6.45, 7) is 0.949. The van der Waals surface area contributed by atoms with Crippen molar-refractivity contribution in [2.24, 2.45) is 0 Å². The molecule has 2 aliphatic rings. The second kappa shape index (κ2) is 7.09. The average molecular weight is 337 g/mol.